The smallest absolute Gasteiger partial charge is 0.261 e. The highest BCUT2D eigenvalue weighted by Gasteiger charge is 2.34. The van der Waals surface area contributed by atoms with E-state index in [1.807, 2.05) is 24.4 Å². The van der Waals surface area contributed by atoms with E-state index in [0.717, 1.165) is 57.3 Å². The molecular weight excluding hydrogens is 519 g/mol. The molecule has 9 heteroatoms. The van der Waals surface area contributed by atoms with Crippen LogP contribution in [0.1, 0.15) is 33.6 Å². The quantitative estimate of drug-likeness (QED) is 0.197. The predicted octanol–water partition coefficient (Wildman–Crippen LogP) is 2.47. The van der Waals surface area contributed by atoms with Crippen LogP contribution < -0.4 is 10.2 Å². The molecule has 2 aliphatic heterocycles. The third-order valence-electron chi connectivity index (χ3n) is 5.73. The fraction of sp³-hybridized carbons (Fsp3) is 0.391. The largest absolute Gasteiger partial charge is 0.356 e. The number of fused-ring (bicyclic) bond motifs is 1. The molecule has 0 unspecified atom stereocenters. The molecule has 0 bridgehead atoms. The SMILES string of the molecule is CN=C(NCCCCN1C(=O)c2ccccc2C1=O)N1CCN(c2ccccn2)CC1.I. The van der Waals surface area contributed by atoms with E-state index in [1.54, 1.807) is 31.3 Å². The fourth-order valence-electron chi connectivity index (χ4n) is 4.06. The number of pyridine rings is 1. The van der Waals surface area contributed by atoms with Gasteiger partial charge in [0.15, 0.2) is 5.96 Å². The molecule has 2 aliphatic rings. The van der Waals surface area contributed by atoms with Crippen LogP contribution >= 0.6 is 24.0 Å². The van der Waals surface area contributed by atoms with Crippen molar-refractivity contribution in [1.29, 1.82) is 0 Å². The average Bonchev–Trinajstić information content (AvgIpc) is 3.07. The van der Waals surface area contributed by atoms with Crippen LogP contribution in [-0.4, -0.2) is 78.9 Å². The summed E-state index contributed by atoms with van der Waals surface area (Å²) in [6.07, 6.45) is 3.42. The monoisotopic (exact) mass is 548 g/mol. The number of hydrogen-bond acceptors (Lipinski definition) is 5. The van der Waals surface area contributed by atoms with Gasteiger partial charge in [-0.2, -0.15) is 0 Å². The minimum Gasteiger partial charge on any atom is -0.356 e. The summed E-state index contributed by atoms with van der Waals surface area (Å²) < 4.78 is 0. The number of rotatable bonds is 6. The van der Waals surface area contributed by atoms with Crippen molar-refractivity contribution in [2.45, 2.75) is 12.8 Å². The summed E-state index contributed by atoms with van der Waals surface area (Å²) in [5.41, 5.74) is 1.02. The maximum absolute atomic E-state index is 12.4. The Kier molecular flexibility index (Phi) is 8.43. The lowest BCUT2D eigenvalue weighted by Gasteiger charge is -2.37. The van der Waals surface area contributed by atoms with Gasteiger partial charge in [-0.25, -0.2) is 4.98 Å². The number of carbonyl (C=O) groups excluding carboxylic acids is 2. The lowest BCUT2D eigenvalue weighted by Crippen LogP contribution is -2.52. The number of hydrogen-bond donors (Lipinski definition) is 1. The van der Waals surface area contributed by atoms with Crippen LogP contribution in [0.3, 0.4) is 0 Å². The van der Waals surface area contributed by atoms with Crippen molar-refractivity contribution in [3.8, 4) is 0 Å². The zero-order chi connectivity index (χ0) is 21.6. The third kappa shape index (κ3) is 5.20. The van der Waals surface area contributed by atoms with Crippen LogP contribution in [0.4, 0.5) is 5.82 Å². The molecular formula is C23H29IN6O2. The van der Waals surface area contributed by atoms with Gasteiger partial charge in [-0.1, -0.05) is 18.2 Å². The predicted molar refractivity (Wildman–Crippen MR) is 136 cm³/mol. The van der Waals surface area contributed by atoms with Crippen molar-refractivity contribution < 1.29 is 9.59 Å². The van der Waals surface area contributed by atoms with E-state index >= 15 is 0 Å². The van der Waals surface area contributed by atoms with E-state index in [-0.39, 0.29) is 35.8 Å². The summed E-state index contributed by atoms with van der Waals surface area (Å²) in [5.74, 6) is 1.53. The van der Waals surface area contributed by atoms with E-state index in [4.69, 9.17) is 0 Å². The number of aromatic nitrogens is 1. The number of guanidine groups is 1. The molecule has 1 aromatic carbocycles. The average molecular weight is 548 g/mol. The highest BCUT2D eigenvalue weighted by molar-refractivity contribution is 14.0. The Hall–Kier alpha value is -2.69. The Bertz CT molecular complexity index is 925. The molecule has 0 saturated carbocycles. The molecule has 3 heterocycles. The molecule has 170 valence electrons. The van der Waals surface area contributed by atoms with Gasteiger partial charge in [0.1, 0.15) is 5.82 Å². The molecule has 0 radical (unpaired) electrons. The number of unbranched alkanes of at least 4 members (excludes halogenated alkanes) is 1. The van der Waals surface area contributed by atoms with Crippen molar-refractivity contribution in [1.82, 2.24) is 20.1 Å². The molecule has 1 saturated heterocycles. The van der Waals surface area contributed by atoms with Crippen LogP contribution in [0.5, 0.6) is 0 Å². The second kappa shape index (κ2) is 11.3. The number of halogens is 1. The lowest BCUT2D eigenvalue weighted by atomic mass is 10.1. The zero-order valence-electron chi connectivity index (χ0n) is 18.2. The zero-order valence-corrected chi connectivity index (χ0v) is 20.6. The van der Waals surface area contributed by atoms with E-state index < -0.39 is 0 Å². The van der Waals surface area contributed by atoms with Crippen LogP contribution in [0.25, 0.3) is 0 Å². The summed E-state index contributed by atoms with van der Waals surface area (Å²) in [4.78, 5) is 39.6. The first-order valence-electron chi connectivity index (χ1n) is 10.8. The molecule has 0 aliphatic carbocycles. The molecule has 4 rings (SSSR count). The topological polar surface area (TPSA) is 81.1 Å². The van der Waals surface area contributed by atoms with Gasteiger partial charge < -0.3 is 15.1 Å². The second-order valence-electron chi connectivity index (χ2n) is 7.65. The number of carbonyl (C=O) groups is 2. The molecule has 32 heavy (non-hydrogen) atoms. The number of nitrogens with zero attached hydrogens (tertiary/aromatic N) is 5. The van der Waals surface area contributed by atoms with E-state index in [9.17, 15) is 9.59 Å². The summed E-state index contributed by atoms with van der Waals surface area (Å²) in [6, 6.07) is 13.0. The van der Waals surface area contributed by atoms with Crippen LogP contribution in [-0.2, 0) is 0 Å². The first-order valence-corrected chi connectivity index (χ1v) is 10.8. The van der Waals surface area contributed by atoms with Crippen LogP contribution in [0, 0.1) is 0 Å². The number of piperazine rings is 1. The Labute approximate surface area is 205 Å². The maximum Gasteiger partial charge on any atom is 0.261 e. The minimum absolute atomic E-state index is 0. The highest BCUT2D eigenvalue weighted by Crippen LogP contribution is 2.22. The number of imide groups is 1. The Morgan fingerprint density at radius 2 is 1.62 bits per heavy atom. The van der Waals surface area contributed by atoms with Gasteiger partial charge in [-0.3, -0.25) is 19.5 Å². The Morgan fingerprint density at radius 3 is 2.22 bits per heavy atom. The normalized spacial score (nSPS) is 16.2. The van der Waals surface area contributed by atoms with Gasteiger partial charge >= 0.3 is 0 Å². The lowest BCUT2D eigenvalue weighted by molar-refractivity contribution is 0.0652. The molecule has 1 fully saturated rings. The van der Waals surface area contributed by atoms with Gasteiger partial charge in [0.05, 0.1) is 11.1 Å². The van der Waals surface area contributed by atoms with Gasteiger partial charge in [0.25, 0.3) is 11.8 Å². The summed E-state index contributed by atoms with van der Waals surface area (Å²) in [6.45, 7) is 4.75. The third-order valence-corrected chi connectivity index (χ3v) is 5.73. The Morgan fingerprint density at radius 1 is 0.969 bits per heavy atom. The van der Waals surface area contributed by atoms with Crippen molar-refractivity contribution in [2.24, 2.45) is 4.99 Å². The van der Waals surface area contributed by atoms with Crippen molar-refractivity contribution in [3.05, 3.63) is 59.8 Å². The number of anilines is 1. The molecule has 0 spiro atoms. The van der Waals surface area contributed by atoms with E-state index in [1.165, 1.54) is 4.90 Å². The van der Waals surface area contributed by atoms with Crippen molar-refractivity contribution in [3.63, 3.8) is 0 Å². The van der Waals surface area contributed by atoms with Crippen LogP contribution in [0.15, 0.2) is 53.7 Å². The van der Waals surface area contributed by atoms with Gasteiger partial charge in [0.2, 0.25) is 0 Å². The van der Waals surface area contributed by atoms with E-state index in [0.29, 0.717) is 17.7 Å². The summed E-state index contributed by atoms with van der Waals surface area (Å²) in [7, 11) is 1.80. The first-order chi connectivity index (χ1) is 15.2. The molecule has 2 amide bonds. The number of aliphatic imine (C=N–C) groups is 1. The molecule has 0 atom stereocenters. The van der Waals surface area contributed by atoms with Crippen LogP contribution in [0.2, 0.25) is 0 Å². The minimum atomic E-state index is -0.185. The first kappa shape index (κ1) is 24.0. The maximum atomic E-state index is 12.4. The van der Waals surface area contributed by atoms with Crippen molar-refractivity contribution in [2.75, 3.05) is 51.2 Å². The molecule has 8 nitrogen and oxygen atoms in total. The summed E-state index contributed by atoms with van der Waals surface area (Å²) >= 11 is 0. The number of benzene rings is 1. The van der Waals surface area contributed by atoms with E-state index in [2.05, 4.69) is 25.1 Å². The summed E-state index contributed by atoms with van der Waals surface area (Å²) in [5, 5.41) is 3.41. The van der Waals surface area contributed by atoms with Crippen molar-refractivity contribution >= 4 is 47.6 Å². The second-order valence-corrected chi connectivity index (χ2v) is 7.65. The van der Waals surface area contributed by atoms with Gasteiger partial charge in [-0.05, 0) is 37.1 Å². The number of amides is 2. The molecule has 1 aromatic heterocycles. The Balaban J connectivity index is 0.00000289. The molecule has 2 aromatic rings. The standard InChI is InChI=1S/C23H28N6O2.HI/c1-24-23(28-16-14-27(15-17-28)20-10-4-5-11-25-20)26-12-6-7-13-29-21(30)18-8-2-3-9-19(18)22(29)31;/h2-5,8-11H,6-7,12-17H2,1H3,(H,24,26);1H. The van der Waals surface area contributed by atoms with Gasteiger partial charge in [-0.15, -0.1) is 24.0 Å². The fourth-order valence-corrected chi connectivity index (χ4v) is 4.06. The molecule has 1 N–H and O–H groups in total. The highest BCUT2D eigenvalue weighted by atomic mass is 127. The van der Waals surface area contributed by atoms with Gasteiger partial charge in [0, 0.05) is 52.5 Å². The number of nitrogens with one attached hydrogen (secondary N) is 1.